The molecule has 16 heavy (non-hydrogen) atoms. The molecule has 0 spiro atoms. The fraction of sp³-hybridized carbons (Fsp3) is 0.556. The van der Waals surface area contributed by atoms with Gasteiger partial charge in [0, 0.05) is 30.4 Å². The second-order valence-corrected chi connectivity index (χ2v) is 3.76. The van der Waals surface area contributed by atoms with Crippen LogP contribution in [0.4, 0.5) is 0 Å². The zero-order valence-corrected chi connectivity index (χ0v) is 8.89. The molecule has 0 saturated carbocycles. The van der Waals surface area contributed by atoms with Gasteiger partial charge in [-0.1, -0.05) is 5.11 Å². The maximum Gasteiger partial charge on any atom is 0.247 e. The second-order valence-electron chi connectivity index (χ2n) is 3.76. The minimum atomic E-state index is -0.304. The molecule has 7 heteroatoms. The molecular weight excluding hydrogens is 208 g/mol. The highest BCUT2D eigenvalue weighted by atomic mass is 16.2. The Morgan fingerprint density at radius 1 is 1.69 bits per heavy atom. The third-order valence-electron chi connectivity index (χ3n) is 2.67. The van der Waals surface area contributed by atoms with E-state index in [1.54, 1.807) is 35.0 Å². The SMILES string of the molecule is C[C@H](C(=O)N1CC(N=[N+]=[N-])C1)n1cccn1. The molecule has 1 fully saturated rings. The first kappa shape index (κ1) is 10.5. The topological polar surface area (TPSA) is 86.9 Å². The molecule has 2 heterocycles. The summed E-state index contributed by atoms with van der Waals surface area (Å²) < 4.78 is 1.61. The number of amides is 1. The molecule has 1 aromatic rings. The Labute approximate surface area is 92.3 Å². The van der Waals surface area contributed by atoms with Crippen molar-refractivity contribution in [3.05, 3.63) is 28.9 Å². The van der Waals surface area contributed by atoms with Crippen LogP contribution in [0.15, 0.2) is 23.6 Å². The minimum Gasteiger partial charge on any atom is -0.340 e. The van der Waals surface area contributed by atoms with E-state index in [4.69, 9.17) is 5.53 Å². The number of rotatable bonds is 3. The fourth-order valence-electron chi connectivity index (χ4n) is 1.67. The van der Waals surface area contributed by atoms with Gasteiger partial charge in [0.25, 0.3) is 0 Å². The van der Waals surface area contributed by atoms with Gasteiger partial charge in [0.15, 0.2) is 0 Å². The predicted molar refractivity (Wildman–Crippen MR) is 56.5 cm³/mol. The normalized spacial score (nSPS) is 17.4. The van der Waals surface area contributed by atoms with Crippen LogP contribution in [0.25, 0.3) is 10.4 Å². The van der Waals surface area contributed by atoms with Crippen molar-refractivity contribution in [2.24, 2.45) is 5.11 Å². The molecule has 0 aliphatic carbocycles. The molecule has 7 nitrogen and oxygen atoms in total. The highest BCUT2D eigenvalue weighted by Crippen LogP contribution is 2.17. The molecule has 1 atom stereocenters. The van der Waals surface area contributed by atoms with Gasteiger partial charge >= 0.3 is 0 Å². The lowest BCUT2D eigenvalue weighted by Gasteiger charge is -2.38. The van der Waals surface area contributed by atoms with Crippen molar-refractivity contribution in [1.29, 1.82) is 0 Å². The molecule has 2 rings (SSSR count). The van der Waals surface area contributed by atoms with Crippen molar-refractivity contribution < 1.29 is 4.79 Å². The largest absolute Gasteiger partial charge is 0.340 e. The highest BCUT2D eigenvalue weighted by molar-refractivity contribution is 5.80. The van der Waals surface area contributed by atoms with Crippen molar-refractivity contribution >= 4 is 5.91 Å². The summed E-state index contributed by atoms with van der Waals surface area (Å²) >= 11 is 0. The molecule has 0 N–H and O–H groups in total. The summed E-state index contributed by atoms with van der Waals surface area (Å²) in [6, 6.07) is 1.41. The summed E-state index contributed by atoms with van der Waals surface area (Å²) in [5.41, 5.74) is 8.23. The maximum atomic E-state index is 11.9. The Morgan fingerprint density at radius 2 is 2.44 bits per heavy atom. The number of hydrogen-bond donors (Lipinski definition) is 0. The average Bonchev–Trinajstić information content (AvgIpc) is 2.74. The summed E-state index contributed by atoms with van der Waals surface area (Å²) in [5.74, 6) is 0.00749. The molecular formula is C9H12N6O. The monoisotopic (exact) mass is 220 g/mol. The van der Waals surface area contributed by atoms with Gasteiger partial charge in [0.1, 0.15) is 6.04 Å². The lowest BCUT2D eigenvalue weighted by Crippen LogP contribution is -2.54. The number of carbonyl (C=O) groups excluding carboxylic acids is 1. The van der Waals surface area contributed by atoms with Crippen LogP contribution in [0.2, 0.25) is 0 Å². The minimum absolute atomic E-state index is 0.00749. The van der Waals surface area contributed by atoms with Gasteiger partial charge in [-0.15, -0.1) is 0 Å². The quantitative estimate of drug-likeness (QED) is 0.431. The van der Waals surface area contributed by atoms with Crippen LogP contribution in [-0.2, 0) is 4.79 Å². The van der Waals surface area contributed by atoms with Crippen LogP contribution in [0, 0.1) is 0 Å². The summed E-state index contributed by atoms with van der Waals surface area (Å²) in [6.45, 7) is 2.82. The highest BCUT2D eigenvalue weighted by Gasteiger charge is 2.32. The Kier molecular flexibility index (Phi) is 2.78. The Balaban J connectivity index is 1.93. The fourth-order valence-corrected chi connectivity index (χ4v) is 1.67. The molecule has 1 aliphatic rings. The summed E-state index contributed by atoms with van der Waals surface area (Å²) in [6.07, 6.45) is 3.40. The smallest absolute Gasteiger partial charge is 0.247 e. The van der Waals surface area contributed by atoms with E-state index < -0.39 is 0 Å². The van der Waals surface area contributed by atoms with Gasteiger partial charge in [0.05, 0.1) is 6.04 Å². The average molecular weight is 220 g/mol. The lowest BCUT2D eigenvalue weighted by atomic mass is 10.1. The summed E-state index contributed by atoms with van der Waals surface area (Å²) in [7, 11) is 0. The predicted octanol–water partition coefficient (Wildman–Crippen LogP) is 0.965. The van der Waals surface area contributed by atoms with Crippen molar-refractivity contribution in [2.75, 3.05) is 13.1 Å². The van der Waals surface area contributed by atoms with Crippen LogP contribution in [0.1, 0.15) is 13.0 Å². The molecule has 84 valence electrons. The van der Waals surface area contributed by atoms with E-state index >= 15 is 0 Å². The molecule has 0 radical (unpaired) electrons. The van der Waals surface area contributed by atoms with Crippen LogP contribution < -0.4 is 0 Å². The van der Waals surface area contributed by atoms with Gasteiger partial charge in [0.2, 0.25) is 5.91 Å². The van der Waals surface area contributed by atoms with Crippen molar-refractivity contribution in [3.63, 3.8) is 0 Å². The standard InChI is InChI=1S/C9H12N6O/c1-7(15-4-2-3-11-15)9(16)14-5-8(6-14)12-13-10/h2-4,7-8H,5-6H2,1H3/t7-/m1/s1. The zero-order valence-electron chi connectivity index (χ0n) is 8.89. The van der Waals surface area contributed by atoms with Crippen molar-refractivity contribution in [2.45, 2.75) is 19.0 Å². The van der Waals surface area contributed by atoms with Gasteiger partial charge in [-0.3, -0.25) is 9.48 Å². The van der Waals surface area contributed by atoms with Gasteiger partial charge in [-0.05, 0) is 18.5 Å². The van der Waals surface area contributed by atoms with Gasteiger partial charge < -0.3 is 4.90 Å². The van der Waals surface area contributed by atoms with Crippen molar-refractivity contribution in [1.82, 2.24) is 14.7 Å². The Morgan fingerprint density at radius 3 is 3.00 bits per heavy atom. The molecule has 0 unspecified atom stereocenters. The van der Waals surface area contributed by atoms with E-state index in [2.05, 4.69) is 15.1 Å². The third-order valence-corrected chi connectivity index (χ3v) is 2.67. The number of carbonyl (C=O) groups is 1. The zero-order chi connectivity index (χ0) is 11.5. The molecule has 0 aromatic carbocycles. The summed E-state index contributed by atoms with van der Waals surface area (Å²) in [5, 5.41) is 7.57. The number of likely N-dealkylation sites (tertiary alicyclic amines) is 1. The van der Waals surface area contributed by atoms with E-state index in [1.165, 1.54) is 0 Å². The number of aromatic nitrogens is 2. The molecule has 1 amide bonds. The van der Waals surface area contributed by atoms with Crippen LogP contribution in [0.5, 0.6) is 0 Å². The van der Waals surface area contributed by atoms with E-state index in [9.17, 15) is 4.79 Å². The molecule has 1 aromatic heterocycles. The first-order chi connectivity index (χ1) is 7.72. The van der Waals surface area contributed by atoms with Crippen molar-refractivity contribution in [3.8, 4) is 0 Å². The van der Waals surface area contributed by atoms with E-state index in [0.717, 1.165) is 0 Å². The Hall–Kier alpha value is -2.01. The second kappa shape index (κ2) is 4.24. The van der Waals surface area contributed by atoms with Crippen LogP contribution in [0.3, 0.4) is 0 Å². The lowest BCUT2D eigenvalue weighted by molar-refractivity contribution is -0.138. The van der Waals surface area contributed by atoms with E-state index in [1.807, 2.05) is 0 Å². The number of hydrogen-bond acceptors (Lipinski definition) is 3. The Bertz CT molecular complexity index is 415. The van der Waals surface area contributed by atoms with Gasteiger partial charge in [-0.25, -0.2) is 0 Å². The molecule has 1 saturated heterocycles. The number of nitrogens with zero attached hydrogens (tertiary/aromatic N) is 6. The number of azide groups is 1. The maximum absolute atomic E-state index is 11.9. The molecule has 1 aliphatic heterocycles. The van der Waals surface area contributed by atoms with Gasteiger partial charge in [-0.2, -0.15) is 5.10 Å². The first-order valence-electron chi connectivity index (χ1n) is 5.04. The summed E-state index contributed by atoms with van der Waals surface area (Å²) in [4.78, 5) is 16.3. The van der Waals surface area contributed by atoms with E-state index in [0.29, 0.717) is 13.1 Å². The van der Waals surface area contributed by atoms with Crippen LogP contribution in [-0.4, -0.2) is 39.7 Å². The third kappa shape index (κ3) is 1.85. The van der Waals surface area contributed by atoms with E-state index in [-0.39, 0.29) is 18.0 Å². The first-order valence-corrected chi connectivity index (χ1v) is 5.04. The molecule has 0 bridgehead atoms. The van der Waals surface area contributed by atoms with Crippen LogP contribution >= 0.6 is 0 Å².